The Kier molecular flexibility index (Phi) is 5.33. The molecule has 1 amide bonds. The predicted octanol–water partition coefficient (Wildman–Crippen LogP) is 3.57. The van der Waals surface area contributed by atoms with Crippen molar-refractivity contribution in [2.75, 3.05) is 5.32 Å². The number of H-pyrrole nitrogens is 1. The highest BCUT2D eigenvalue weighted by molar-refractivity contribution is 7.99. The highest BCUT2D eigenvalue weighted by atomic mass is 32.2. The van der Waals surface area contributed by atoms with Gasteiger partial charge >= 0.3 is 0 Å². The third-order valence-corrected chi connectivity index (χ3v) is 6.34. The molecule has 26 heavy (non-hydrogen) atoms. The Morgan fingerprint density at radius 3 is 2.85 bits per heavy atom. The molecule has 0 radical (unpaired) electrons. The van der Waals surface area contributed by atoms with Crippen molar-refractivity contribution in [3.8, 4) is 5.75 Å². The summed E-state index contributed by atoms with van der Waals surface area (Å²) in [5.74, 6) is 0.771. The molecule has 0 bridgehead atoms. The molecule has 0 spiro atoms. The summed E-state index contributed by atoms with van der Waals surface area (Å²) in [6.45, 7) is 5.67. The van der Waals surface area contributed by atoms with Gasteiger partial charge in [0.15, 0.2) is 0 Å². The fraction of sp³-hybridized carbons (Fsp3) is 0.278. The van der Waals surface area contributed by atoms with E-state index in [-0.39, 0.29) is 22.5 Å². The van der Waals surface area contributed by atoms with E-state index in [1.807, 2.05) is 13.8 Å². The molecule has 0 saturated heterocycles. The molecule has 3 rings (SSSR count). The number of para-hydroxylation sites is 2. The van der Waals surface area contributed by atoms with E-state index < -0.39 is 0 Å². The number of thiophene rings is 1. The van der Waals surface area contributed by atoms with Gasteiger partial charge in [0.25, 0.3) is 5.56 Å². The first-order valence-electron chi connectivity index (χ1n) is 8.06. The number of phenolic OH excluding ortho intramolecular Hbond substituents is 1. The van der Waals surface area contributed by atoms with Gasteiger partial charge in [0.2, 0.25) is 5.91 Å². The molecular weight excluding hydrogens is 370 g/mol. The molecule has 1 atom stereocenters. The monoisotopic (exact) mass is 389 g/mol. The molecule has 8 heteroatoms. The molecule has 0 fully saturated rings. The Morgan fingerprint density at radius 2 is 2.12 bits per heavy atom. The molecule has 0 aliphatic rings. The summed E-state index contributed by atoms with van der Waals surface area (Å²) in [5.41, 5.74) is 1.20. The fourth-order valence-electron chi connectivity index (χ4n) is 2.46. The second-order valence-corrected chi connectivity index (χ2v) is 8.47. The van der Waals surface area contributed by atoms with E-state index in [9.17, 15) is 14.7 Å². The van der Waals surface area contributed by atoms with E-state index in [0.29, 0.717) is 22.7 Å². The number of aromatic hydroxyl groups is 1. The van der Waals surface area contributed by atoms with Crippen LogP contribution in [0, 0.1) is 13.8 Å². The molecule has 6 nitrogen and oxygen atoms in total. The molecular formula is C18H19N3O3S2. The Morgan fingerprint density at radius 1 is 1.38 bits per heavy atom. The number of thioether (sulfide) groups is 1. The molecule has 2 aromatic heterocycles. The van der Waals surface area contributed by atoms with Crippen LogP contribution < -0.4 is 10.9 Å². The molecule has 1 aromatic carbocycles. The number of anilines is 1. The van der Waals surface area contributed by atoms with Gasteiger partial charge in [0.05, 0.1) is 22.1 Å². The second kappa shape index (κ2) is 7.51. The average molecular weight is 390 g/mol. The zero-order valence-corrected chi connectivity index (χ0v) is 16.3. The number of carbonyl (C=O) groups excluding carboxylic acids is 1. The van der Waals surface area contributed by atoms with Crippen LogP contribution in [-0.2, 0) is 10.5 Å². The highest BCUT2D eigenvalue weighted by Crippen LogP contribution is 2.27. The Hall–Kier alpha value is -2.32. The number of aromatic nitrogens is 2. The zero-order valence-electron chi connectivity index (χ0n) is 14.6. The maximum absolute atomic E-state index is 12.3. The number of carbonyl (C=O) groups is 1. The number of nitrogens with one attached hydrogen (secondary N) is 2. The number of hydrogen-bond donors (Lipinski definition) is 3. The number of benzene rings is 1. The van der Waals surface area contributed by atoms with Crippen LogP contribution in [0.4, 0.5) is 5.69 Å². The second-order valence-electron chi connectivity index (χ2n) is 5.94. The first-order valence-corrected chi connectivity index (χ1v) is 9.92. The van der Waals surface area contributed by atoms with Crippen molar-refractivity contribution >= 4 is 44.9 Å². The van der Waals surface area contributed by atoms with E-state index in [4.69, 9.17) is 0 Å². The van der Waals surface area contributed by atoms with Crippen LogP contribution in [0.5, 0.6) is 5.75 Å². The third kappa shape index (κ3) is 3.76. The van der Waals surface area contributed by atoms with Gasteiger partial charge in [-0.3, -0.25) is 9.59 Å². The van der Waals surface area contributed by atoms with E-state index >= 15 is 0 Å². The topological polar surface area (TPSA) is 95.1 Å². The van der Waals surface area contributed by atoms with Gasteiger partial charge in [-0.05, 0) is 38.5 Å². The zero-order chi connectivity index (χ0) is 18.8. The van der Waals surface area contributed by atoms with Crippen molar-refractivity contribution < 1.29 is 9.90 Å². The lowest BCUT2D eigenvalue weighted by molar-refractivity contribution is -0.115. The third-order valence-electron chi connectivity index (χ3n) is 4.09. The van der Waals surface area contributed by atoms with Gasteiger partial charge in [0.1, 0.15) is 16.4 Å². The summed E-state index contributed by atoms with van der Waals surface area (Å²) in [6.07, 6.45) is 0. The van der Waals surface area contributed by atoms with Crippen molar-refractivity contribution in [1.82, 2.24) is 9.97 Å². The molecule has 0 aliphatic carbocycles. The summed E-state index contributed by atoms with van der Waals surface area (Å²) < 4.78 is 0. The van der Waals surface area contributed by atoms with Crippen LogP contribution in [0.2, 0.25) is 0 Å². The number of aromatic amines is 1. The van der Waals surface area contributed by atoms with Crippen LogP contribution >= 0.6 is 23.1 Å². The largest absolute Gasteiger partial charge is 0.506 e. The molecule has 0 aliphatic heterocycles. The summed E-state index contributed by atoms with van der Waals surface area (Å²) >= 11 is 2.87. The molecule has 2 heterocycles. The van der Waals surface area contributed by atoms with Gasteiger partial charge in [-0.1, -0.05) is 12.1 Å². The van der Waals surface area contributed by atoms with Gasteiger partial charge in [-0.25, -0.2) is 4.98 Å². The van der Waals surface area contributed by atoms with E-state index in [2.05, 4.69) is 15.3 Å². The van der Waals surface area contributed by atoms with Crippen LogP contribution in [-0.4, -0.2) is 26.2 Å². The summed E-state index contributed by atoms with van der Waals surface area (Å²) in [7, 11) is 0. The number of nitrogens with zero attached hydrogens (tertiary/aromatic N) is 1. The van der Waals surface area contributed by atoms with E-state index in [0.717, 1.165) is 15.3 Å². The molecule has 0 saturated carbocycles. The van der Waals surface area contributed by atoms with Crippen molar-refractivity contribution in [2.45, 2.75) is 31.8 Å². The lowest BCUT2D eigenvalue weighted by Gasteiger charge is -2.12. The first kappa shape index (κ1) is 18.5. The van der Waals surface area contributed by atoms with Gasteiger partial charge in [-0.15, -0.1) is 23.1 Å². The number of amides is 1. The lowest BCUT2D eigenvalue weighted by Crippen LogP contribution is -2.23. The quantitative estimate of drug-likeness (QED) is 0.580. The number of fused-ring (bicyclic) bond motifs is 1. The first-order chi connectivity index (χ1) is 12.4. The van der Waals surface area contributed by atoms with Gasteiger partial charge in [-0.2, -0.15) is 0 Å². The maximum Gasteiger partial charge on any atom is 0.259 e. The number of rotatable bonds is 5. The predicted molar refractivity (Wildman–Crippen MR) is 107 cm³/mol. The molecule has 136 valence electrons. The standard InChI is InChI=1S/C18H19N3O3S2/c1-9-10(2)26-18-15(9)17(24)20-14(21-18)8-25-11(3)16(23)19-12-6-4-5-7-13(12)22/h4-7,11,22H,8H2,1-3H3,(H,19,23)(H,20,21,24)/t11-/m0/s1. The molecule has 0 unspecified atom stereocenters. The summed E-state index contributed by atoms with van der Waals surface area (Å²) in [4.78, 5) is 33.7. The van der Waals surface area contributed by atoms with Crippen molar-refractivity contribution in [3.63, 3.8) is 0 Å². The number of aryl methyl sites for hydroxylation is 2. The number of phenols is 1. The maximum atomic E-state index is 12.3. The lowest BCUT2D eigenvalue weighted by atomic mass is 10.2. The Labute approximate surface area is 158 Å². The van der Waals surface area contributed by atoms with Crippen LogP contribution in [0.15, 0.2) is 29.1 Å². The average Bonchev–Trinajstić information content (AvgIpc) is 2.89. The van der Waals surface area contributed by atoms with Crippen LogP contribution in [0.1, 0.15) is 23.2 Å². The van der Waals surface area contributed by atoms with Crippen LogP contribution in [0.25, 0.3) is 10.2 Å². The molecule has 3 N–H and O–H groups in total. The van der Waals surface area contributed by atoms with Crippen molar-refractivity contribution in [2.24, 2.45) is 0 Å². The van der Waals surface area contributed by atoms with Gasteiger partial charge in [0, 0.05) is 4.88 Å². The minimum atomic E-state index is -0.373. The number of hydrogen-bond acceptors (Lipinski definition) is 6. The normalized spacial score (nSPS) is 12.3. The minimum absolute atomic E-state index is 0.0259. The highest BCUT2D eigenvalue weighted by Gasteiger charge is 2.17. The Bertz CT molecular complexity index is 1030. The smallest absolute Gasteiger partial charge is 0.259 e. The van der Waals surface area contributed by atoms with Crippen LogP contribution in [0.3, 0.4) is 0 Å². The van der Waals surface area contributed by atoms with Crippen molar-refractivity contribution in [3.05, 3.63) is 50.9 Å². The molecule has 3 aromatic rings. The summed E-state index contributed by atoms with van der Waals surface area (Å²) in [6, 6.07) is 6.58. The van der Waals surface area contributed by atoms with E-state index in [1.54, 1.807) is 25.1 Å². The van der Waals surface area contributed by atoms with Gasteiger partial charge < -0.3 is 15.4 Å². The minimum Gasteiger partial charge on any atom is -0.506 e. The Balaban J connectivity index is 1.68. The summed E-state index contributed by atoms with van der Waals surface area (Å²) in [5, 5.41) is 12.7. The van der Waals surface area contributed by atoms with Crippen molar-refractivity contribution in [1.29, 1.82) is 0 Å². The fourth-order valence-corrected chi connectivity index (χ4v) is 4.26. The SMILES string of the molecule is Cc1sc2nc(CS[C@@H](C)C(=O)Nc3ccccc3O)[nH]c(=O)c2c1C. The van der Waals surface area contributed by atoms with E-state index in [1.165, 1.54) is 29.2 Å².